The van der Waals surface area contributed by atoms with E-state index in [1.54, 1.807) is 48.8 Å². The summed E-state index contributed by atoms with van der Waals surface area (Å²) < 4.78 is 12.6. The van der Waals surface area contributed by atoms with Gasteiger partial charge < -0.3 is 9.47 Å². The van der Waals surface area contributed by atoms with E-state index in [4.69, 9.17) is 9.47 Å². The molecule has 0 aliphatic carbocycles. The normalized spacial score (nSPS) is 15.5. The number of hydrogen-bond donors (Lipinski definition) is 0. The summed E-state index contributed by atoms with van der Waals surface area (Å²) in [5.41, 5.74) is 3.12. The Bertz CT molecular complexity index is 1530. The molecule has 0 saturated carbocycles. The third-order valence-corrected chi connectivity index (χ3v) is 6.88. The summed E-state index contributed by atoms with van der Waals surface area (Å²) in [5, 5.41) is 0. The Morgan fingerprint density at radius 1 is 1.14 bits per heavy atom. The quantitative estimate of drug-likeness (QED) is 0.376. The smallest absolute Gasteiger partial charge is 0.338 e. The molecule has 1 aliphatic rings. The predicted molar refractivity (Wildman–Crippen MR) is 139 cm³/mol. The fourth-order valence-electron chi connectivity index (χ4n) is 4.16. The lowest BCUT2D eigenvalue weighted by Crippen LogP contribution is -2.39. The van der Waals surface area contributed by atoms with Crippen LogP contribution in [-0.2, 0) is 14.3 Å². The molecule has 8 heteroatoms. The highest BCUT2D eigenvalue weighted by atomic mass is 32.1. The van der Waals surface area contributed by atoms with Crippen LogP contribution in [0.25, 0.3) is 6.08 Å². The summed E-state index contributed by atoms with van der Waals surface area (Å²) in [6.45, 7) is 9.27. The third kappa shape index (κ3) is 4.95. The van der Waals surface area contributed by atoms with Gasteiger partial charge in [-0.2, -0.15) is 0 Å². The van der Waals surface area contributed by atoms with E-state index in [-0.39, 0.29) is 12.2 Å². The van der Waals surface area contributed by atoms with Gasteiger partial charge in [-0.1, -0.05) is 67.6 Å². The molecule has 0 spiro atoms. The monoisotopic (exact) mass is 504 g/mol. The van der Waals surface area contributed by atoms with Crippen molar-refractivity contribution < 1.29 is 19.1 Å². The molecule has 1 aliphatic heterocycles. The first-order valence-corrected chi connectivity index (χ1v) is 12.6. The minimum absolute atomic E-state index is 0.214. The molecule has 0 amide bonds. The Morgan fingerprint density at radius 2 is 1.83 bits per heavy atom. The summed E-state index contributed by atoms with van der Waals surface area (Å²) >= 11 is 1.22. The maximum atomic E-state index is 13.7. The van der Waals surface area contributed by atoms with E-state index >= 15 is 0 Å². The lowest BCUT2D eigenvalue weighted by Gasteiger charge is -2.25. The lowest BCUT2D eigenvalue weighted by molar-refractivity contribution is -0.139. The number of ether oxygens (including phenoxy) is 2. The van der Waals surface area contributed by atoms with Crippen LogP contribution in [-0.4, -0.2) is 23.1 Å². The van der Waals surface area contributed by atoms with Crippen LogP contribution in [0.1, 0.15) is 63.3 Å². The summed E-state index contributed by atoms with van der Waals surface area (Å²) in [5.74, 6) is -0.233. The molecule has 1 atom stereocenters. The van der Waals surface area contributed by atoms with Gasteiger partial charge in [0.2, 0.25) is 0 Å². The highest BCUT2D eigenvalue weighted by molar-refractivity contribution is 7.07. The molecule has 4 rings (SSSR count). The number of esters is 2. The summed E-state index contributed by atoms with van der Waals surface area (Å²) in [4.78, 5) is 43.4. The van der Waals surface area contributed by atoms with Gasteiger partial charge in [0.05, 0.1) is 28.5 Å². The number of allylic oxidation sites excluding steroid dienone is 1. The highest BCUT2D eigenvalue weighted by Crippen LogP contribution is 2.31. The summed E-state index contributed by atoms with van der Waals surface area (Å²) in [7, 11) is 0. The Kier molecular flexibility index (Phi) is 7.35. The number of benzene rings is 2. The second kappa shape index (κ2) is 10.5. The average Bonchev–Trinajstić information content (AvgIpc) is 3.13. The topological polar surface area (TPSA) is 87.0 Å². The van der Waals surface area contributed by atoms with Crippen molar-refractivity contribution in [3.05, 3.63) is 96.2 Å². The minimum atomic E-state index is -0.674. The highest BCUT2D eigenvalue weighted by Gasteiger charge is 2.33. The molecular formula is C28H28N2O5S. The molecule has 0 saturated heterocycles. The van der Waals surface area contributed by atoms with E-state index < -0.39 is 18.0 Å². The Morgan fingerprint density at radius 3 is 2.47 bits per heavy atom. The second-order valence-corrected chi connectivity index (χ2v) is 9.76. The van der Waals surface area contributed by atoms with Gasteiger partial charge in [-0.3, -0.25) is 14.2 Å². The largest absolute Gasteiger partial charge is 0.463 e. The van der Waals surface area contributed by atoms with Gasteiger partial charge in [0.25, 0.3) is 5.56 Å². The lowest BCUT2D eigenvalue weighted by atomic mass is 9.93. The zero-order valence-corrected chi connectivity index (χ0v) is 21.7. The molecular weight excluding hydrogens is 476 g/mol. The summed E-state index contributed by atoms with van der Waals surface area (Å²) in [6, 6.07) is 14.3. The zero-order chi connectivity index (χ0) is 26.0. The number of para-hydroxylation sites is 1. The Hall–Kier alpha value is -3.78. The van der Waals surface area contributed by atoms with Gasteiger partial charge in [-0.05, 0) is 43.0 Å². The molecule has 1 aromatic heterocycles. The van der Waals surface area contributed by atoms with Gasteiger partial charge in [-0.25, -0.2) is 9.79 Å². The summed E-state index contributed by atoms with van der Waals surface area (Å²) in [6.07, 6.45) is 1.68. The molecule has 36 heavy (non-hydrogen) atoms. The van der Waals surface area contributed by atoms with Crippen LogP contribution in [0.2, 0.25) is 0 Å². The van der Waals surface area contributed by atoms with Crippen LogP contribution < -0.4 is 19.6 Å². The molecule has 186 valence electrons. The molecule has 7 nitrogen and oxygen atoms in total. The molecule has 2 heterocycles. The number of thiazole rings is 1. The standard InChI is InChI=1S/C28H28N2O5S/c1-6-34-27(33)24-17(4)29-28-30(25(24)20-13-11-19(12-14-20)16(2)3)26(32)23(36-28)15-21-9-7-8-10-22(21)35-18(5)31/h7-16,25H,6H2,1-5H3/b23-15-/t25-/m0/s1. The van der Waals surface area contributed by atoms with Crippen LogP contribution in [0.3, 0.4) is 0 Å². The van der Waals surface area contributed by atoms with Gasteiger partial charge in [0.15, 0.2) is 4.80 Å². The van der Waals surface area contributed by atoms with Crippen molar-refractivity contribution in [1.29, 1.82) is 0 Å². The van der Waals surface area contributed by atoms with Gasteiger partial charge >= 0.3 is 11.9 Å². The maximum absolute atomic E-state index is 13.7. The van der Waals surface area contributed by atoms with Crippen molar-refractivity contribution in [2.45, 2.75) is 46.6 Å². The number of aromatic nitrogens is 1. The van der Waals surface area contributed by atoms with E-state index in [2.05, 4.69) is 18.8 Å². The Balaban J connectivity index is 1.93. The molecule has 0 radical (unpaired) electrons. The van der Waals surface area contributed by atoms with E-state index in [1.165, 1.54) is 18.3 Å². The fraction of sp³-hybridized carbons (Fsp3) is 0.286. The van der Waals surface area contributed by atoms with Crippen LogP contribution in [0.15, 0.2) is 69.6 Å². The van der Waals surface area contributed by atoms with E-state index in [0.29, 0.717) is 37.8 Å². The number of carbonyl (C=O) groups is 2. The van der Waals surface area contributed by atoms with Gasteiger partial charge in [0.1, 0.15) is 5.75 Å². The van der Waals surface area contributed by atoms with Crippen LogP contribution >= 0.6 is 11.3 Å². The first-order valence-electron chi connectivity index (χ1n) is 11.8. The van der Waals surface area contributed by atoms with Crippen molar-refractivity contribution in [1.82, 2.24) is 4.57 Å². The third-order valence-electron chi connectivity index (χ3n) is 5.90. The molecule has 0 unspecified atom stereocenters. The second-order valence-electron chi connectivity index (χ2n) is 8.76. The number of rotatable bonds is 6. The first kappa shape index (κ1) is 25.3. The van der Waals surface area contributed by atoms with Gasteiger partial charge in [0, 0.05) is 12.5 Å². The SMILES string of the molecule is CCOC(=O)C1=C(C)N=c2s/c(=C\c3ccccc3OC(C)=O)c(=O)n2[C@H]1c1ccc(C(C)C)cc1. The van der Waals surface area contributed by atoms with Crippen LogP contribution in [0.5, 0.6) is 5.75 Å². The van der Waals surface area contributed by atoms with E-state index in [0.717, 1.165) is 11.1 Å². The van der Waals surface area contributed by atoms with Crippen LogP contribution in [0, 0.1) is 0 Å². The molecule has 3 aromatic rings. The first-order chi connectivity index (χ1) is 17.2. The van der Waals surface area contributed by atoms with Crippen molar-refractivity contribution >= 4 is 29.4 Å². The molecule has 0 N–H and O–H groups in total. The molecule has 2 aromatic carbocycles. The maximum Gasteiger partial charge on any atom is 0.338 e. The number of carbonyl (C=O) groups excluding carboxylic acids is 2. The average molecular weight is 505 g/mol. The fourth-order valence-corrected chi connectivity index (χ4v) is 5.20. The predicted octanol–water partition coefficient (Wildman–Crippen LogP) is 3.85. The van der Waals surface area contributed by atoms with E-state index in [1.807, 2.05) is 24.3 Å². The Labute approximate surface area is 213 Å². The van der Waals surface area contributed by atoms with Crippen molar-refractivity contribution in [2.24, 2.45) is 4.99 Å². The van der Waals surface area contributed by atoms with Crippen molar-refractivity contribution in [3.8, 4) is 5.75 Å². The number of nitrogens with zero attached hydrogens (tertiary/aromatic N) is 2. The molecule has 0 fully saturated rings. The number of fused-ring (bicyclic) bond motifs is 1. The van der Waals surface area contributed by atoms with E-state index in [9.17, 15) is 14.4 Å². The van der Waals surface area contributed by atoms with Crippen molar-refractivity contribution in [2.75, 3.05) is 6.61 Å². The van der Waals surface area contributed by atoms with Gasteiger partial charge in [-0.15, -0.1) is 0 Å². The zero-order valence-electron chi connectivity index (χ0n) is 20.9. The van der Waals surface area contributed by atoms with Crippen molar-refractivity contribution in [3.63, 3.8) is 0 Å². The van der Waals surface area contributed by atoms with Crippen LogP contribution in [0.4, 0.5) is 0 Å². The molecule has 0 bridgehead atoms. The number of hydrogen-bond acceptors (Lipinski definition) is 7. The minimum Gasteiger partial charge on any atom is -0.463 e.